The van der Waals surface area contributed by atoms with Gasteiger partial charge in [0.2, 0.25) is 23.1 Å². The summed E-state index contributed by atoms with van der Waals surface area (Å²) in [5.74, 6) is -1.07. The maximum atomic E-state index is 13.4. The largest absolute Gasteiger partial charge is 0.489 e. The standard InChI is InChI=1S/C28H30N2O5/c1-17-22(25(32)27(35-3)26(34-2)24(17)31)15-18-9-10-21(19-11-13-29-14-12-19)23(16-18)28(33)30-20-7-5-4-6-8-20/h9-14,16,20H,4-8,15H2,1-3H3,(H,30,33). The molecule has 2 aromatic rings. The van der Waals surface area contributed by atoms with Crippen LogP contribution < -0.4 is 5.32 Å². The van der Waals surface area contributed by atoms with Crippen molar-refractivity contribution in [3.05, 3.63) is 76.5 Å². The number of hydrogen-bond acceptors (Lipinski definition) is 6. The number of ether oxygens (including phenoxy) is 2. The molecule has 1 aromatic heterocycles. The molecule has 0 aliphatic heterocycles. The molecule has 0 saturated heterocycles. The van der Waals surface area contributed by atoms with Gasteiger partial charge in [-0.2, -0.15) is 0 Å². The van der Waals surface area contributed by atoms with Crippen LogP contribution in [0.2, 0.25) is 0 Å². The predicted octanol–water partition coefficient (Wildman–Crippen LogP) is 4.33. The molecular formula is C28H30N2O5. The zero-order chi connectivity index (χ0) is 24.9. The van der Waals surface area contributed by atoms with Crippen LogP contribution in [-0.2, 0) is 25.5 Å². The molecule has 182 valence electrons. The number of Topliss-reactive ketones (excluding diaryl/α,β-unsaturated/α-hetero) is 2. The molecule has 35 heavy (non-hydrogen) atoms. The first kappa shape index (κ1) is 24.4. The van der Waals surface area contributed by atoms with Crippen LogP contribution in [-0.4, -0.2) is 42.7 Å². The number of allylic oxidation sites excluding steroid dienone is 2. The van der Waals surface area contributed by atoms with Gasteiger partial charge in [-0.15, -0.1) is 0 Å². The first-order chi connectivity index (χ1) is 16.9. The van der Waals surface area contributed by atoms with E-state index in [1.807, 2.05) is 30.3 Å². The number of carbonyl (C=O) groups is 3. The van der Waals surface area contributed by atoms with Crippen molar-refractivity contribution < 1.29 is 23.9 Å². The zero-order valence-corrected chi connectivity index (χ0v) is 20.3. The van der Waals surface area contributed by atoms with E-state index in [1.165, 1.54) is 20.6 Å². The van der Waals surface area contributed by atoms with E-state index in [0.717, 1.165) is 42.4 Å². The number of nitrogens with zero attached hydrogens (tertiary/aromatic N) is 1. The second-order valence-electron chi connectivity index (χ2n) is 8.93. The van der Waals surface area contributed by atoms with Crippen molar-refractivity contribution in [3.8, 4) is 11.1 Å². The highest BCUT2D eigenvalue weighted by Crippen LogP contribution is 2.30. The molecule has 0 bridgehead atoms. The van der Waals surface area contributed by atoms with Crippen molar-refractivity contribution >= 4 is 17.5 Å². The van der Waals surface area contributed by atoms with Gasteiger partial charge in [0.1, 0.15) is 0 Å². The molecule has 1 heterocycles. The fourth-order valence-corrected chi connectivity index (χ4v) is 4.79. The molecule has 0 atom stereocenters. The summed E-state index contributed by atoms with van der Waals surface area (Å²) in [7, 11) is 2.68. The Bertz CT molecular complexity index is 1210. The Balaban J connectivity index is 1.69. The Morgan fingerprint density at radius 1 is 0.971 bits per heavy atom. The molecule has 2 aliphatic rings. The molecule has 2 aliphatic carbocycles. The number of nitrogens with one attached hydrogen (secondary N) is 1. The van der Waals surface area contributed by atoms with Crippen LogP contribution in [0.15, 0.2) is 65.4 Å². The molecule has 0 spiro atoms. The number of carbonyl (C=O) groups excluding carboxylic acids is 3. The Kier molecular flexibility index (Phi) is 7.44. The lowest BCUT2D eigenvalue weighted by Crippen LogP contribution is -2.36. The third-order valence-electron chi connectivity index (χ3n) is 6.74. The van der Waals surface area contributed by atoms with Crippen molar-refractivity contribution in [1.82, 2.24) is 10.3 Å². The van der Waals surface area contributed by atoms with Gasteiger partial charge in [-0.3, -0.25) is 19.4 Å². The normalized spacial score (nSPS) is 17.0. The summed E-state index contributed by atoms with van der Waals surface area (Å²) < 4.78 is 10.3. The van der Waals surface area contributed by atoms with Crippen molar-refractivity contribution in [2.75, 3.05) is 14.2 Å². The van der Waals surface area contributed by atoms with Crippen LogP contribution in [0.25, 0.3) is 11.1 Å². The summed E-state index contributed by atoms with van der Waals surface area (Å²) in [4.78, 5) is 43.4. The van der Waals surface area contributed by atoms with Crippen molar-refractivity contribution in [1.29, 1.82) is 0 Å². The number of methoxy groups -OCH3 is 2. The van der Waals surface area contributed by atoms with Crippen LogP contribution in [0.5, 0.6) is 0 Å². The van der Waals surface area contributed by atoms with Crippen LogP contribution in [0, 0.1) is 0 Å². The van der Waals surface area contributed by atoms with Crippen molar-refractivity contribution in [2.24, 2.45) is 0 Å². The summed E-state index contributed by atoms with van der Waals surface area (Å²) in [6, 6.07) is 9.48. The Labute approximate surface area is 205 Å². The first-order valence-electron chi connectivity index (χ1n) is 11.9. The van der Waals surface area contributed by atoms with Crippen LogP contribution in [0.1, 0.15) is 54.9 Å². The van der Waals surface area contributed by atoms with E-state index >= 15 is 0 Å². The number of ketones is 2. The Morgan fingerprint density at radius 3 is 2.29 bits per heavy atom. The van der Waals surface area contributed by atoms with Crippen molar-refractivity contribution in [3.63, 3.8) is 0 Å². The maximum absolute atomic E-state index is 13.4. The van der Waals surface area contributed by atoms with E-state index in [2.05, 4.69) is 10.3 Å². The molecular weight excluding hydrogens is 444 g/mol. The fraction of sp³-hybridized carbons (Fsp3) is 0.357. The van der Waals surface area contributed by atoms with E-state index in [1.54, 1.807) is 19.3 Å². The summed E-state index contributed by atoms with van der Waals surface area (Å²) in [6.45, 7) is 1.61. The van der Waals surface area contributed by atoms with E-state index in [4.69, 9.17) is 9.47 Å². The minimum atomic E-state index is -0.382. The SMILES string of the molecule is COC1=C(OC)C(=O)C(Cc2ccc(-c3ccncc3)c(C(=O)NC3CCCCC3)c2)=C(C)C1=O. The maximum Gasteiger partial charge on any atom is 0.252 e. The van der Waals surface area contributed by atoms with Gasteiger partial charge < -0.3 is 14.8 Å². The van der Waals surface area contributed by atoms with Gasteiger partial charge in [-0.1, -0.05) is 31.4 Å². The van der Waals surface area contributed by atoms with Crippen LogP contribution in [0.3, 0.4) is 0 Å². The van der Waals surface area contributed by atoms with Crippen LogP contribution in [0.4, 0.5) is 0 Å². The average Bonchev–Trinajstić information content (AvgIpc) is 2.89. The van der Waals surface area contributed by atoms with Gasteiger partial charge in [0, 0.05) is 41.6 Å². The van der Waals surface area contributed by atoms with Crippen LogP contribution >= 0.6 is 0 Å². The second kappa shape index (κ2) is 10.7. The van der Waals surface area contributed by atoms with E-state index in [0.29, 0.717) is 16.7 Å². The van der Waals surface area contributed by atoms with E-state index in [-0.39, 0.29) is 41.5 Å². The lowest BCUT2D eigenvalue weighted by atomic mass is 9.87. The monoisotopic (exact) mass is 474 g/mol. The van der Waals surface area contributed by atoms with Gasteiger partial charge in [0.15, 0.2) is 0 Å². The molecule has 1 amide bonds. The number of benzene rings is 1. The molecule has 4 rings (SSSR count). The molecule has 1 fully saturated rings. The molecule has 0 radical (unpaired) electrons. The van der Waals surface area contributed by atoms with Crippen molar-refractivity contribution in [2.45, 2.75) is 51.5 Å². The third-order valence-corrected chi connectivity index (χ3v) is 6.74. The molecule has 1 saturated carbocycles. The summed E-state index contributed by atoms with van der Waals surface area (Å²) in [5.41, 5.74) is 3.62. The molecule has 1 aromatic carbocycles. The third kappa shape index (κ3) is 5.04. The number of rotatable bonds is 7. The Morgan fingerprint density at radius 2 is 1.63 bits per heavy atom. The quantitative estimate of drug-likeness (QED) is 0.601. The summed E-state index contributed by atoms with van der Waals surface area (Å²) in [5, 5.41) is 3.20. The number of aromatic nitrogens is 1. The smallest absolute Gasteiger partial charge is 0.252 e. The van der Waals surface area contributed by atoms with Gasteiger partial charge >= 0.3 is 0 Å². The predicted molar refractivity (Wildman–Crippen MR) is 131 cm³/mol. The van der Waals surface area contributed by atoms with Gasteiger partial charge in [0.25, 0.3) is 5.91 Å². The highest BCUT2D eigenvalue weighted by Gasteiger charge is 2.34. The molecule has 1 N–H and O–H groups in total. The molecule has 0 unspecified atom stereocenters. The second-order valence-corrected chi connectivity index (χ2v) is 8.93. The summed E-state index contributed by atoms with van der Waals surface area (Å²) >= 11 is 0. The van der Waals surface area contributed by atoms with Gasteiger partial charge in [-0.25, -0.2) is 0 Å². The fourth-order valence-electron chi connectivity index (χ4n) is 4.79. The summed E-state index contributed by atoms with van der Waals surface area (Å²) in [6.07, 6.45) is 8.97. The Hall–Kier alpha value is -3.74. The van der Waals surface area contributed by atoms with Gasteiger partial charge in [-0.05, 0) is 54.7 Å². The number of amides is 1. The lowest BCUT2D eigenvalue weighted by Gasteiger charge is -2.24. The first-order valence-corrected chi connectivity index (χ1v) is 11.9. The van der Waals surface area contributed by atoms with Gasteiger partial charge in [0.05, 0.1) is 14.2 Å². The molecule has 7 heteroatoms. The topological polar surface area (TPSA) is 94.6 Å². The number of pyridine rings is 1. The highest BCUT2D eigenvalue weighted by atomic mass is 16.5. The zero-order valence-electron chi connectivity index (χ0n) is 20.3. The minimum Gasteiger partial charge on any atom is -0.489 e. The average molecular weight is 475 g/mol. The van der Waals surface area contributed by atoms with E-state index < -0.39 is 0 Å². The minimum absolute atomic E-state index is 0.0840. The number of hydrogen-bond donors (Lipinski definition) is 1. The lowest BCUT2D eigenvalue weighted by molar-refractivity contribution is -0.121. The molecule has 7 nitrogen and oxygen atoms in total. The highest BCUT2D eigenvalue weighted by molar-refractivity contribution is 6.23. The van der Waals surface area contributed by atoms with E-state index in [9.17, 15) is 14.4 Å².